The number of ether oxygens (including phenoxy) is 2. The number of allylic oxidation sites excluding steroid dienone is 1. The molecule has 8 rings (SSSR count). The minimum Gasteiger partial charge on any atom is -0.455 e. The zero-order valence-corrected chi connectivity index (χ0v) is 30.3. The Morgan fingerprint density at radius 3 is 2.34 bits per heavy atom. The van der Waals surface area contributed by atoms with Crippen LogP contribution in [0.3, 0.4) is 0 Å². The fraction of sp³-hybridized carbons (Fsp3) is 0.286. The van der Waals surface area contributed by atoms with Crippen LogP contribution in [0.1, 0.15) is 36.1 Å². The minimum absolute atomic E-state index is 0.0287. The molecule has 4 aliphatic heterocycles. The SMILES string of the molecule is O=C1CC/C=C\CN(c2ccc3ccccc3c2)C(=O)[C@H]2N([C@H](CO)c3ccccc3)C(=O)[C@@H]3[C@@H](C(=O)O[C@@H](c4ccccc4)CN1)[C@@H]1O[C@@]32C=C1Br. The summed E-state index contributed by atoms with van der Waals surface area (Å²) in [6.07, 6.45) is 4.31. The lowest BCUT2D eigenvalue weighted by atomic mass is 9.74. The molecule has 10 nitrogen and oxygen atoms in total. The summed E-state index contributed by atoms with van der Waals surface area (Å²) in [7, 11) is 0. The second-order valence-corrected chi connectivity index (χ2v) is 14.7. The molecule has 270 valence electrons. The van der Waals surface area contributed by atoms with Gasteiger partial charge in [-0.15, -0.1) is 0 Å². The van der Waals surface area contributed by atoms with Gasteiger partial charge in [-0.3, -0.25) is 19.2 Å². The summed E-state index contributed by atoms with van der Waals surface area (Å²) in [4.78, 5) is 61.0. The molecule has 5 bridgehead atoms. The zero-order valence-electron chi connectivity index (χ0n) is 28.7. The van der Waals surface area contributed by atoms with E-state index in [2.05, 4.69) is 21.2 Å². The summed E-state index contributed by atoms with van der Waals surface area (Å²) in [5, 5.41) is 15.8. The standard InChI is InChI=1S/C42H38BrN3O7/c43-31-23-42-36-35(37(31)53-42)41(51)52-33(28-15-6-2-7-16-28)24-44-34(48)18-8-3-11-21-45(30-20-19-26-12-9-10-17-29(26)22-30)40(50)38(42)46(39(36)49)32(25-47)27-13-4-1-5-14-27/h1-7,9-17,19-20,22-23,32-33,35-38,47H,8,18,21,24-25H2,(H,44,48)/b11-3-/t32-,33-,35-,36+,37-,38-,42+/m1/s1. The lowest BCUT2D eigenvalue weighted by molar-refractivity contribution is -0.160. The fourth-order valence-electron chi connectivity index (χ4n) is 8.31. The van der Waals surface area contributed by atoms with Crippen LogP contribution in [-0.2, 0) is 28.7 Å². The van der Waals surface area contributed by atoms with E-state index in [1.165, 1.54) is 4.90 Å². The number of nitrogens with zero attached hydrogens (tertiary/aromatic N) is 2. The average Bonchev–Trinajstić information content (AvgIpc) is 3.78. The number of rotatable bonds is 5. The number of halogens is 1. The van der Waals surface area contributed by atoms with E-state index in [9.17, 15) is 14.7 Å². The maximum absolute atomic E-state index is 15.5. The summed E-state index contributed by atoms with van der Waals surface area (Å²) in [6.45, 7) is -0.318. The molecule has 0 saturated carbocycles. The van der Waals surface area contributed by atoms with Gasteiger partial charge in [-0.05, 0) is 46.5 Å². The molecule has 2 fully saturated rings. The number of anilines is 1. The third-order valence-electron chi connectivity index (χ3n) is 10.8. The third kappa shape index (κ3) is 6.16. The first kappa shape index (κ1) is 35.0. The van der Waals surface area contributed by atoms with Crippen molar-refractivity contribution in [2.75, 3.05) is 24.6 Å². The number of cyclic esters (lactones) is 1. The molecule has 7 atom stereocenters. The van der Waals surface area contributed by atoms with E-state index in [4.69, 9.17) is 9.47 Å². The normalized spacial score (nSPS) is 28.7. The third-order valence-corrected chi connectivity index (χ3v) is 11.5. The Morgan fingerprint density at radius 2 is 1.58 bits per heavy atom. The molecule has 0 radical (unpaired) electrons. The highest BCUT2D eigenvalue weighted by Crippen LogP contribution is 2.60. The van der Waals surface area contributed by atoms with Gasteiger partial charge in [0.05, 0.1) is 25.1 Å². The van der Waals surface area contributed by atoms with Crippen molar-refractivity contribution in [1.82, 2.24) is 10.2 Å². The van der Waals surface area contributed by atoms with Crippen LogP contribution in [0.4, 0.5) is 5.69 Å². The van der Waals surface area contributed by atoms with Crippen molar-refractivity contribution in [3.05, 3.63) is 137 Å². The minimum atomic E-state index is -1.56. The lowest BCUT2D eigenvalue weighted by Gasteiger charge is -2.39. The van der Waals surface area contributed by atoms with Gasteiger partial charge in [-0.25, -0.2) is 0 Å². The molecule has 4 aromatic carbocycles. The van der Waals surface area contributed by atoms with Crippen molar-refractivity contribution < 1.29 is 33.8 Å². The Hall–Kier alpha value is -5.10. The first-order chi connectivity index (χ1) is 25.8. The summed E-state index contributed by atoms with van der Waals surface area (Å²) in [5.41, 5.74) is 0.342. The van der Waals surface area contributed by atoms with Crippen LogP contribution in [-0.4, -0.2) is 71.1 Å². The smallest absolute Gasteiger partial charge is 0.313 e. The molecular weight excluding hydrogens is 738 g/mol. The Morgan fingerprint density at radius 1 is 0.868 bits per heavy atom. The molecule has 0 unspecified atom stereocenters. The molecule has 3 amide bonds. The monoisotopic (exact) mass is 775 g/mol. The molecule has 4 heterocycles. The van der Waals surface area contributed by atoms with Crippen LogP contribution in [0.25, 0.3) is 10.8 Å². The molecule has 11 heteroatoms. The molecule has 0 aliphatic carbocycles. The molecule has 0 aromatic heterocycles. The number of amides is 3. The molecule has 2 N–H and O–H groups in total. The van der Waals surface area contributed by atoms with Gasteiger partial charge >= 0.3 is 5.97 Å². The van der Waals surface area contributed by atoms with Crippen molar-refractivity contribution >= 4 is 56.1 Å². The molecule has 4 aliphatic rings. The first-order valence-corrected chi connectivity index (χ1v) is 18.6. The summed E-state index contributed by atoms with van der Waals surface area (Å²) >= 11 is 3.63. The van der Waals surface area contributed by atoms with Gasteiger partial charge < -0.3 is 29.7 Å². The fourth-order valence-corrected chi connectivity index (χ4v) is 9.04. The number of hydrogen-bond acceptors (Lipinski definition) is 7. The van der Waals surface area contributed by atoms with Crippen molar-refractivity contribution in [3.63, 3.8) is 0 Å². The first-order valence-electron chi connectivity index (χ1n) is 17.8. The second-order valence-electron chi connectivity index (χ2n) is 13.8. The highest BCUT2D eigenvalue weighted by atomic mass is 79.9. The van der Waals surface area contributed by atoms with Crippen LogP contribution in [0.15, 0.2) is 126 Å². The highest BCUT2D eigenvalue weighted by molar-refractivity contribution is 9.11. The Balaban J connectivity index is 1.28. The lowest BCUT2D eigenvalue weighted by Crippen LogP contribution is -2.57. The van der Waals surface area contributed by atoms with Crippen LogP contribution in [0, 0.1) is 11.8 Å². The highest BCUT2D eigenvalue weighted by Gasteiger charge is 2.75. The summed E-state index contributed by atoms with van der Waals surface area (Å²) in [6, 6.07) is 29.6. The van der Waals surface area contributed by atoms with Crippen molar-refractivity contribution in [3.8, 4) is 0 Å². The van der Waals surface area contributed by atoms with Crippen molar-refractivity contribution in [1.29, 1.82) is 0 Å². The zero-order chi connectivity index (χ0) is 36.7. The van der Waals surface area contributed by atoms with E-state index in [0.717, 1.165) is 10.8 Å². The molecule has 4 aromatic rings. The van der Waals surface area contributed by atoms with Crippen molar-refractivity contribution in [2.24, 2.45) is 11.8 Å². The van der Waals surface area contributed by atoms with Gasteiger partial charge in [0.1, 0.15) is 29.8 Å². The van der Waals surface area contributed by atoms with E-state index in [-0.39, 0.29) is 25.4 Å². The van der Waals surface area contributed by atoms with E-state index in [0.29, 0.717) is 27.7 Å². The Bertz CT molecular complexity index is 2120. The van der Waals surface area contributed by atoms with Crippen LogP contribution < -0.4 is 10.2 Å². The van der Waals surface area contributed by atoms with E-state index < -0.39 is 66.1 Å². The Labute approximate surface area is 315 Å². The number of aliphatic hydroxyl groups is 1. The van der Waals surface area contributed by atoms with Crippen molar-refractivity contribution in [2.45, 2.75) is 42.7 Å². The molecule has 53 heavy (non-hydrogen) atoms. The van der Waals surface area contributed by atoms with Crippen LogP contribution >= 0.6 is 15.9 Å². The maximum atomic E-state index is 15.5. The van der Waals surface area contributed by atoms with Crippen LogP contribution in [0.5, 0.6) is 0 Å². The predicted octanol–water partition coefficient (Wildman–Crippen LogP) is 5.53. The van der Waals surface area contributed by atoms with Gasteiger partial charge in [-0.1, -0.05) is 119 Å². The van der Waals surface area contributed by atoms with Gasteiger partial charge in [0.15, 0.2) is 0 Å². The molecule has 1 spiro atoms. The number of likely N-dealkylation sites (tertiary alicyclic amines) is 1. The topological polar surface area (TPSA) is 125 Å². The number of carbonyl (C=O) groups is 4. The second kappa shape index (κ2) is 14.4. The molecule has 2 saturated heterocycles. The number of aliphatic hydroxyl groups excluding tert-OH is 1. The van der Waals surface area contributed by atoms with Gasteiger partial charge in [0, 0.05) is 23.1 Å². The number of fused-ring (bicyclic) bond motifs is 3. The van der Waals surface area contributed by atoms with Crippen LogP contribution in [0.2, 0.25) is 0 Å². The van der Waals surface area contributed by atoms with Gasteiger partial charge in [-0.2, -0.15) is 0 Å². The number of carbonyl (C=O) groups excluding carboxylic acids is 4. The number of hydrogen-bond donors (Lipinski definition) is 2. The average molecular weight is 777 g/mol. The van der Waals surface area contributed by atoms with E-state index in [1.807, 2.05) is 103 Å². The summed E-state index contributed by atoms with van der Waals surface area (Å²) < 4.78 is 13.5. The number of esters is 1. The number of benzene rings is 4. The predicted molar refractivity (Wildman–Crippen MR) is 201 cm³/mol. The largest absolute Gasteiger partial charge is 0.455 e. The Kier molecular flexibility index (Phi) is 9.48. The quantitative estimate of drug-likeness (QED) is 0.202. The van der Waals surface area contributed by atoms with E-state index >= 15 is 9.59 Å². The van der Waals surface area contributed by atoms with E-state index in [1.54, 1.807) is 23.1 Å². The maximum Gasteiger partial charge on any atom is 0.313 e. The number of nitrogens with one attached hydrogen (secondary N) is 1. The summed E-state index contributed by atoms with van der Waals surface area (Å²) in [5.74, 6) is -4.09. The van der Waals surface area contributed by atoms with Gasteiger partial charge in [0.2, 0.25) is 11.8 Å². The van der Waals surface area contributed by atoms with Gasteiger partial charge in [0.25, 0.3) is 5.91 Å². The molecular formula is C42H38BrN3O7.